The molecule has 0 aliphatic heterocycles. The fourth-order valence-electron chi connectivity index (χ4n) is 3.69. The quantitative estimate of drug-likeness (QED) is 0.186. The van der Waals surface area contributed by atoms with Crippen LogP contribution in [0.2, 0.25) is 0 Å². The van der Waals surface area contributed by atoms with Crippen LogP contribution >= 0.6 is 0 Å². The van der Waals surface area contributed by atoms with Crippen LogP contribution in [0.25, 0.3) is 10.8 Å². The van der Waals surface area contributed by atoms with E-state index >= 15 is 0 Å². The lowest BCUT2D eigenvalue weighted by atomic mass is 9.86. The van der Waals surface area contributed by atoms with Gasteiger partial charge < -0.3 is 21.3 Å². The summed E-state index contributed by atoms with van der Waals surface area (Å²) in [7, 11) is 0. The van der Waals surface area contributed by atoms with Crippen LogP contribution in [-0.4, -0.2) is 52.2 Å². The van der Waals surface area contributed by atoms with Crippen LogP contribution in [0.5, 0.6) is 0 Å². The molecule has 0 radical (unpaired) electrons. The maximum atomic E-state index is 12.9. The summed E-state index contributed by atoms with van der Waals surface area (Å²) < 4.78 is 0. The number of hydrogen-bond acceptors (Lipinski definition) is 8. The number of carbonyl (C=O) groups is 3. The van der Waals surface area contributed by atoms with Crippen molar-refractivity contribution in [2.24, 2.45) is 5.41 Å². The maximum Gasteiger partial charge on any atom is 0.256 e. The first kappa shape index (κ1) is 28.2. The highest BCUT2D eigenvalue weighted by Gasteiger charge is 2.29. The monoisotopic (exact) mass is 517 g/mol. The van der Waals surface area contributed by atoms with Gasteiger partial charge in [0.1, 0.15) is 11.4 Å². The molecule has 3 aromatic rings. The molecular formula is C28H35N7O3. The van der Waals surface area contributed by atoms with E-state index in [-0.39, 0.29) is 24.0 Å². The van der Waals surface area contributed by atoms with E-state index in [0.717, 1.165) is 22.9 Å². The Bertz CT molecular complexity index is 1310. The number of aromatic nitrogens is 3. The largest absolute Gasteiger partial charge is 0.369 e. The van der Waals surface area contributed by atoms with E-state index in [1.54, 1.807) is 26.2 Å². The third-order valence-electron chi connectivity index (χ3n) is 5.86. The fraction of sp³-hybridized carbons (Fsp3) is 0.357. The molecule has 0 unspecified atom stereocenters. The van der Waals surface area contributed by atoms with Crippen molar-refractivity contribution in [3.8, 4) is 0 Å². The number of carbonyl (C=O) groups excluding carboxylic acids is 3. The van der Waals surface area contributed by atoms with Crippen molar-refractivity contribution in [1.82, 2.24) is 25.6 Å². The topological polar surface area (TPSA) is 138 Å². The highest BCUT2D eigenvalue weighted by molar-refractivity contribution is 5.98. The van der Waals surface area contributed by atoms with Crippen molar-refractivity contribution in [1.29, 1.82) is 0 Å². The molecule has 0 aliphatic rings. The summed E-state index contributed by atoms with van der Waals surface area (Å²) in [6.45, 7) is 10.3. The molecule has 0 bridgehead atoms. The van der Waals surface area contributed by atoms with Crippen molar-refractivity contribution in [3.05, 3.63) is 61.1 Å². The van der Waals surface area contributed by atoms with Crippen LogP contribution in [0.15, 0.2) is 55.5 Å². The van der Waals surface area contributed by atoms with Crippen LogP contribution in [0.4, 0.5) is 17.5 Å². The number of pyridine rings is 1. The number of amides is 2. The second-order valence-corrected chi connectivity index (χ2v) is 9.54. The Morgan fingerprint density at radius 2 is 1.82 bits per heavy atom. The van der Waals surface area contributed by atoms with E-state index in [4.69, 9.17) is 0 Å². The molecule has 0 saturated heterocycles. The Labute approximate surface area is 222 Å². The van der Waals surface area contributed by atoms with E-state index in [9.17, 15) is 14.4 Å². The van der Waals surface area contributed by atoms with E-state index in [2.05, 4.69) is 42.8 Å². The third kappa shape index (κ3) is 7.83. The number of fused-ring (bicyclic) bond motifs is 1. The SMILES string of the molecule is C=CC(=O)CC(C)(C)C(=O)NCCCNC(=O)c1cnc(Nc2ccc3cnccc3c2)nc1NCCC. The van der Waals surface area contributed by atoms with Gasteiger partial charge in [-0.1, -0.05) is 33.4 Å². The molecule has 0 saturated carbocycles. The van der Waals surface area contributed by atoms with Gasteiger partial charge in [-0.3, -0.25) is 19.4 Å². The van der Waals surface area contributed by atoms with Crippen LogP contribution < -0.4 is 21.3 Å². The number of rotatable bonds is 14. The first-order valence-electron chi connectivity index (χ1n) is 12.7. The van der Waals surface area contributed by atoms with Gasteiger partial charge in [-0.15, -0.1) is 0 Å². The normalized spacial score (nSPS) is 11.0. The predicted octanol–water partition coefficient (Wildman–Crippen LogP) is 4.00. The van der Waals surface area contributed by atoms with Gasteiger partial charge in [0.05, 0.1) is 5.41 Å². The molecule has 0 fully saturated rings. The lowest BCUT2D eigenvalue weighted by Gasteiger charge is -2.22. The second kappa shape index (κ2) is 13.3. The Morgan fingerprint density at radius 1 is 1.03 bits per heavy atom. The molecule has 0 spiro atoms. The van der Waals surface area contributed by atoms with Crippen molar-refractivity contribution >= 4 is 45.8 Å². The highest BCUT2D eigenvalue weighted by atomic mass is 16.2. The summed E-state index contributed by atoms with van der Waals surface area (Å²) in [6.07, 6.45) is 7.74. The summed E-state index contributed by atoms with van der Waals surface area (Å²) in [5.41, 5.74) is 0.328. The summed E-state index contributed by atoms with van der Waals surface area (Å²) in [4.78, 5) is 49.9. The second-order valence-electron chi connectivity index (χ2n) is 9.54. The van der Waals surface area contributed by atoms with Gasteiger partial charge in [0.2, 0.25) is 11.9 Å². The molecule has 200 valence electrons. The fourth-order valence-corrected chi connectivity index (χ4v) is 3.69. The smallest absolute Gasteiger partial charge is 0.256 e. The maximum absolute atomic E-state index is 12.9. The van der Waals surface area contributed by atoms with Crippen LogP contribution in [0, 0.1) is 5.41 Å². The predicted molar refractivity (Wildman–Crippen MR) is 149 cm³/mol. The molecule has 1 aromatic carbocycles. The van der Waals surface area contributed by atoms with Crippen molar-refractivity contribution in [2.45, 2.75) is 40.0 Å². The van der Waals surface area contributed by atoms with E-state index < -0.39 is 5.41 Å². The molecule has 10 heteroatoms. The van der Waals surface area contributed by atoms with Gasteiger partial charge >= 0.3 is 0 Å². The van der Waals surface area contributed by atoms with Gasteiger partial charge in [-0.2, -0.15) is 4.98 Å². The Hall–Kier alpha value is -4.34. The average molecular weight is 518 g/mol. The van der Waals surface area contributed by atoms with Crippen LogP contribution in [0.1, 0.15) is 50.4 Å². The van der Waals surface area contributed by atoms with Crippen molar-refractivity contribution < 1.29 is 14.4 Å². The number of nitrogens with zero attached hydrogens (tertiary/aromatic N) is 3. The van der Waals surface area contributed by atoms with Gasteiger partial charge in [0, 0.05) is 55.7 Å². The van der Waals surface area contributed by atoms with Gasteiger partial charge in [-0.25, -0.2) is 4.98 Å². The molecule has 3 rings (SSSR count). The number of benzene rings is 1. The number of allylic oxidation sites excluding steroid dienone is 1. The zero-order valence-corrected chi connectivity index (χ0v) is 22.1. The lowest BCUT2D eigenvalue weighted by Crippen LogP contribution is -2.39. The number of hydrogen-bond donors (Lipinski definition) is 4. The summed E-state index contributed by atoms with van der Waals surface area (Å²) in [5.74, 6) is 0.104. The third-order valence-corrected chi connectivity index (χ3v) is 5.86. The van der Waals surface area contributed by atoms with Gasteiger partial charge in [0.15, 0.2) is 5.78 Å². The van der Waals surface area contributed by atoms with Gasteiger partial charge in [0.25, 0.3) is 5.91 Å². The first-order chi connectivity index (χ1) is 18.2. The minimum absolute atomic E-state index is 0.0931. The molecular weight excluding hydrogens is 482 g/mol. The summed E-state index contributed by atoms with van der Waals surface area (Å²) in [6, 6.07) is 7.80. The molecule has 2 amide bonds. The van der Waals surface area contributed by atoms with Crippen LogP contribution in [0.3, 0.4) is 0 Å². The summed E-state index contributed by atoms with van der Waals surface area (Å²) >= 11 is 0. The molecule has 0 aliphatic carbocycles. The number of nitrogens with one attached hydrogen (secondary N) is 4. The van der Waals surface area contributed by atoms with E-state index in [1.165, 1.54) is 12.3 Å². The highest BCUT2D eigenvalue weighted by Crippen LogP contribution is 2.22. The molecule has 4 N–H and O–H groups in total. The number of ketones is 1. The zero-order chi connectivity index (χ0) is 27.5. The Balaban J connectivity index is 1.57. The van der Waals surface area contributed by atoms with Crippen molar-refractivity contribution in [3.63, 3.8) is 0 Å². The lowest BCUT2D eigenvalue weighted by molar-refractivity contribution is -0.132. The molecule has 2 heterocycles. The van der Waals surface area contributed by atoms with Gasteiger partial charge in [-0.05, 0) is 42.5 Å². The molecule has 10 nitrogen and oxygen atoms in total. The molecule has 0 atom stereocenters. The minimum Gasteiger partial charge on any atom is -0.369 e. The van der Waals surface area contributed by atoms with E-state index in [1.807, 2.05) is 31.2 Å². The van der Waals surface area contributed by atoms with Crippen LogP contribution in [-0.2, 0) is 9.59 Å². The average Bonchev–Trinajstić information content (AvgIpc) is 2.91. The Morgan fingerprint density at radius 3 is 2.58 bits per heavy atom. The zero-order valence-electron chi connectivity index (χ0n) is 22.1. The first-order valence-corrected chi connectivity index (χ1v) is 12.7. The Kier molecular flexibility index (Phi) is 9.86. The molecule has 38 heavy (non-hydrogen) atoms. The summed E-state index contributed by atoms with van der Waals surface area (Å²) in [5, 5.41) is 14.1. The molecule has 2 aromatic heterocycles. The number of anilines is 3. The van der Waals surface area contributed by atoms with Crippen molar-refractivity contribution in [2.75, 3.05) is 30.3 Å². The van der Waals surface area contributed by atoms with E-state index in [0.29, 0.717) is 43.4 Å². The minimum atomic E-state index is -0.828. The standard InChI is InChI=1S/C28H35N7O3/c1-5-11-30-24-23(25(37)31-12-7-13-32-26(38)28(3,4)16-22(36)6-2)18-33-27(35-24)34-21-9-8-20-17-29-14-10-19(20)15-21/h6,8-10,14-15,17-18H,2,5,7,11-13,16H2,1,3-4H3,(H,31,37)(H,32,38)(H2,30,33,34,35).